The van der Waals surface area contributed by atoms with E-state index in [1.807, 2.05) is 0 Å². The van der Waals surface area contributed by atoms with Gasteiger partial charge in [0.1, 0.15) is 19.3 Å². The average molecular weight is 1540 g/mol. The van der Waals surface area contributed by atoms with Gasteiger partial charge in [0.15, 0.2) is 12.2 Å². The van der Waals surface area contributed by atoms with Crippen molar-refractivity contribution in [2.75, 3.05) is 39.6 Å². The maximum atomic E-state index is 13.1. The van der Waals surface area contributed by atoms with Crippen LogP contribution in [0.5, 0.6) is 0 Å². The maximum absolute atomic E-state index is 13.1. The molecule has 0 rings (SSSR count). The summed E-state index contributed by atoms with van der Waals surface area (Å²) >= 11 is 0. The quantitative estimate of drug-likeness (QED) is 0.0222. The van der Waals surface area contributed by atoms with E-state index in [9.17, 15) is 43.2 Å². The van der Waals surface area contributed by atoms with Crippen LogP contribution < -0.4 is 0 Å². The summed E-state index contributed by atoms with van der Waals surface area (Å²) in [4.78, 5) is 73.2. The highest BCUT2D eigenvalue weighted by molar-refractivity contribution is 7.47. The van der Waals surface area contributed by atoms with Crippen molar-refractivity contribution < 1.29 is 80.2 Å². The van der Waals surface area contributed by atoms with Crippen LogP contribution >= 0.6 is 15.6 Å². The van der Waals surface area contributed by atoms with Gasteiger partial charge >= 0.3 is 39.5 Å². The number of unbranched alkanes of at least 4 members (excludes halogenated alkanes) is 47. The first kappa shape index (κ1) is 103. The first-order valence-corrected chi connectivity index (χ1v) is 47.3. The standard InChI is InChI=1S/C86H168O17P2/c1-9-78(7)64-56-48-40-32-26-22-18-13-11-12-14-19-23-27-34-42-50-58-66-83(88)96-72-81(102-86(91)69-61-53-44-36-30-29-33-41-49-57-65-79(8)10-2)74-100-104(92,93)98-70-80(87)71-99-105(94,95)101-75-82(73-97-84(89)67-59-51-45-37-39-47-55-63-77(5)6)103-85(90)68-60-52-43-35-28-24-20-16-15-17-21-25-31-38-46-54-62-76(3)4/h76-82,87H,9-75H2,1-8H3,(H,92,93)(H,94,95)/t78?,79?,80?,81-,82-/m1/s1. The molecule has 0 amide bonds. The van der Waals surface area contributed by atoms with Crippen LogP contribution in [0.2, 0.25) is 0 Å². The van der Waals surface area contributed by atoms with E-state index >= 15 is 0 Å². The van der Waals surface area contributed by atoms with Crippen LogP contribution in [0.1, 0.15) is 447 Å². The minimum Gasteiger partial charge on any atom is -0.462 e. The van der Waals surface area contributed by atoms with Gasteiger partial charge in [-0.2, -0.15) is 0 Å². The summed E-state index contributed by atoms with van der Waals surface area (Å²) in [6.07, 6.45) is 63.9. The van der Waals surface area contributed by atoms with Crippen LogP contribution in [0.3, 0.4) is 0 Å². The Labute approximate surface area is 645 Å². The van der Waals surface area contributed by atoms with Gasteiger partial charge < -0.3 is 33.8 Å². The lowest BCUT2D eigenvalue weighted by Gasteiger charge is -2.21. The molecule has 0 saturated carbocycles. The zero-order valence-electron chi connectivity index (χ0n) is 69.4. The molecule has 0 fully saturated rings. The molecule has 17 nitrogen and oxygen atoms in total. The lowest BCUT2D eigenvalue weighted by molar-refractivity contribution is -0.161. The second-order valence-corrected chi connectivity index (χ2v) is 35.3. The molecule has 0 aromatic carbocycles. The number of phosphoric ester groups is 2. The molecule has 0 heterocycles. The van der Waals surface area contributed by atoms with Crippen molar-refractivity contribution in [2.24, 2.45) is 23.7 Å². The molecule has 0 bridgehead atoms. The van der Waals surface area contributed by atoms with Crippen LogP contribution in [-0.2, 0) is 65.4 Å². The molecule has 7 atom stereocenters. The number of esters is 4. The SMILES string of the molecule is CCC(C)CCCCCCCCCCCCCCCCCCCCC(=O)OC[C@H](COP(=O)(O)OCC(O)COP(=O)(O)OC[C@@H](COC(=O)CCCCCCCCCC(C)C)OC(=O)CCCCCCCCCCCCCCCCCCC(C)C)OC(=O)CCCCCCCCCCCCC(C)CC. The Balaban J connectivity index is 5.19. The molecule has 0 saturated heterocycles. The van der Waals surface area contributed by atoms with Gasteiger partial charge in [-0.15, -0.1) is 0 Å². The fourth-order valence-corrected chi connectivity index (χ4v) is 14.8. The summed E-state index contributed by atoms with van der Waals surface area (Å²) < 4.78 is 68.9. The van der Waals surface area contributed by atoms with E-state index < -0.39 is 97.5 Å². The van der Waals surface area contributed by atoms with Crippen LogP contribution in [-0.4, -0.2) is 96.7 Å². The van der Waals surface area contributed by atoms with E-state index in [1.165, 1.54) is 244 Å². The second kappa shape index (κ2) is 74.8. The third kappa shape index (κ3) is 77.2. The summed E-state index contributed by atoms with van der Waals surface area (Å²) in [5.74, 6) is 1.08. The highest BCUT2D eigenvalue weighted by Crippen LogP contribution is 2.45. The van der Waals surface area contributed by atoms with Crippen molar-refractivity contribution in [1.82, 2.24) is 0 Å². The fraction of sp³-hybridized carbons (Fsp3) is 0.953. The number of rotatable bonds is 83. The van der Waals surface area contributed by atoms with Crippen molar-refractivity contribution in [3.63, 3.8) is 0 Å². The Kier molecular flexibility index (Phi) is 73.4. The molecule has 0 aromatic heterocycles. The number of carbonyl (C=O) groups excluding carboxylic acids is 4. The van der Waals surface area contributed by atoms with E-state index in [0.29, 0.717) is 31.6 Å². The largest absolute Gasteiger partial charge is 0.472 e. The Hall–Kier alpha value is -1.94. The number of hydrogen-bond donors (Lipinski definition) is 3. The Morgan fingerprint density at radius 2 is 0.457 bits per heavy atom. The van der Waals surface area contributed by atoms with E-state index in [0.717, 1.165) is 114 Å². The van der Waals surface area contributed by atoms with Gasteiger partial charge in [-0.3, -0.25) is 37.3 Å². The zero-order chi connectivity index (χ0) is 77.4. The van der Waals surface area contributed by atoms with Crippen molar-refractivity contribution in [1.29, 1.82) is 0 Å². The first-order chi connectivity index (χ1) is 50.7. The van der Waals surface area contributed by atoms with Crippen molar-refractivity contribution >= 4 is 39.5 Å². The van der Waals surface area contributed by atoms with Crippen molar-refractivity contribution in [2.45, 2.75) is 465 Å². The maximum Gasteiger partial charge on any atom is 0.472 e. The molecule has 0 aliphatic heterocycles. The van der Waals surface area contributed by atoms with Gasteiger partial charge in [0.05, 0.1) is 26.4 Å². The second-order valence-electron chi connectivity index (χ2n) is 32.4. The van der Waals surface area contributed by atoms with Gasteiger partial charge in [0.2, 0.25) is 0 Å². The van der Waals surface area contributed by atoms with E-state index in [2.05, 4.69) is 55.4 Å². The van der Waals surface area contributed by atoms with Crippen LogP contribution in [0.15, 0.2) is 0 Å². The fourth-order valence-electron chi connectivity index (χ4n) is 13.3. The van der Waals surface area contributed by atoms with Gasteiger partial charge in [-0.25, -0.2) is 9.13 Å². The summed E-state index contributed by atoms with van der Waals surface area (Å²) in [6, 6.07) is 0. The molecule has 5 unspecified atom stereocenters. The topological polar surface area (TPSA) is 237 Å². The summed E-state index contributed by atoms with van der Waals surface area (Å²) in [5.41, 5.74) is 0. The molecule has 0 radical (unpaired) electrons. The number of aliphatic hydroxyl groups excluding tert-OH is 1. The number of carbonyl (C=O) groups is 4. The molecular formula is C86H168O17P2. The number of phosphoric acid groups is 2. The van der Waals surface area contributed by atoms with Gasteiger partial charge in [-0.05, 0) is 49.4 Å². The van der Waals surface area contributed by atoms with Crippen molar-refractivity contribution in [3.05, 3.63) is 0 Å². The molecule has 19 heteroatoms. The number of ether oxygens (including phenoxy) is 4. The molecular weight excluding hydrogens is 1370 g/mol. The minimum absolute atomic E-state index is 0.106. The van der Waals surface area contributed by atoms with Gasteiger partial charge in [0, 0.05) is 25.7 Å². The normalized spacial score (nSPS) is 14.4. The predicted octanol–water partition coefficient (Wildman–Crippen LogP) is 25.9. The molecule has 0 spiro atoms. The Morgan fingerprint density at radius 1 is 0.267 bits per heavy atom. The van der Waals surface area contributed by atoms with E-state index in [-0.39, 0.29) is 25.7 Å². The lowest BCUT2D eigenvalue weighted by atomic mass is 9.99. The smallest absolute Gasteiger partial charge is 0.462 e. The molecule has 105 heavy (non-hydrogen) atoms. The molecule has 0 aliphatic carbocycles. The number of hydrogen-bond acceptors (Lipinski definition) is 15. The molecule has 0 aromatic rings. The molecule has 0 aliphatic rings. The monoisotopic (exact) mass is 1540 g/mol. The predicted molar refractivity (Wildman–Crippen MR) is 432 cm³/mol. The first-order valence-electron chi connectivity index (χ1n) is 44.3. The van der Waals surface area contributed by atoms with Crippen LogP contribution in [0, 0.1) is 23.7 Å². The van der Waals surface area contributed by atoms with E-state index in [4.69, 9.17) is 37.0 Å². The summed E-state index contributed by atoms with van der Waals surface area (Å²) in [6.45, 7) is 14.3. The molecule has 624 valence electrons. The lowest BCUT2D eigenvalue weighted by Crippen LogP contribution is -2.30. The van der Waals surface area contributed by atoms with E-state index in [1.54, 1.807) is 0 Å². The third-order valence-corrected chi connectivity index (χ3v) is 22.7. The Bertz CT molecular complexity index is 2050. The highest BCUT2D eigenvalue weighted by Gasteiger charge is 2.31. The Morgan fingerprint density at radius 3 is 0.676 bits per heavy atom. The highest BCUT2D eigenvalue weighted by atomic mass is 31.2. The van der Waals surface area contributed by atoms with Crippen LogP contribution in [0.4, 0.5) is 0 Å². The minimum atomic E-state index is -4.97. The average Bonchev–Trinajstić information content (AvgIpc) is 0.910. The molecule has 3 N–H and O–H groups in total. The van der Waals surface area contributed by atoms with Gasteiger partial charge in [-0.1, -0.05) is 396 Å². The summed E-state index contributed by atoms with van der Waals surface area (Å²) in [5, 5.41) is 10.7. The third-order valence-electron chi connectivity index (χ3n) is 20.8. The van der Waals surface area contributed by atoms with Crippen molar-refractivity contribution in [3.8, 4) is 0 Å². The van der Waals surface area contributed by atoms with Gasteiger partial charge in [0.25, 0.3) is 0 Å². The summed E-state index contributed by atoms with van der Waals surface area (Å²) in [7, 11) is -9.93. The van der Waals surface area contributed by atoms with Crippen LogP contribution in [0.25, 0.3) is 0 Å². The zero-order valence-corrected chi connectivity index (χ0v) is 71.2. The number of aliphatic hydroxyl groups is 1.